The first-order valence-corrected chi connectivity index (χ1v) is 17.6. The van der Waals surface area contributed by atoms with Crippen molar-refractivity contribution in [2.45, 2.75) is 75.6 Å². The highest BCUT2D eigenvalue weighted by molar-refractivity contribution is 6.40. The zero-order valence-electron chi connectivity index (χ0n) is 28.4. The number of nitrogens with two attached hydrogens (primary N) is 1. The highest BCUT2D eigenvalue weighted by atomic mass is 16.5. The van der Waals surface area contributed by atoms with Gasteiger partial charge in [0.1, 0.15) is 23.1 Å². The number of carboxylic acid groups (broad SMARTS) is 1. The van der Waals surface area contributed by atoms with Crippen molar-refractivity contribution in [3.63, 3.8) is 0 Å². The van der Waals surface area contributed by atoms with Crippen LogP contribution in [0.5, 0.6) is 11.5 Å². The molecule has 2 fully saturated rings. The second-order valence-corrected chi connectivity index (χ2v) is 13.9. The molecule has 0 amide bonds. The Hall–Kier alpha value is -4.19. The molecule has 1 aliphatic carbocycles. The van der Waals surface area contributed by atoms with Gasteiger partial charge in [-0.25, -0.2) is 0 Å². The van der Waals surface area contributed by atoms with Gasteiger partial charge in [-0.15, -0.1) is 0 Å². The van der Waals surface area contributed by atoms with Gasteiger partial charge in [-0.3, -0.25) is 9.69 Å². The van der Waals surface area contributed by atoms with E-state index in [-0.39, 0.29) is 30.1 Å². The fourth-order valence-electron chi connectivity index (χ4n) is 7.10. The Kier molecular flexibility index (Phi) is 11.6. The van der Waals surface area contributed by atoms with Gasteiger partial charge in [0, 0.05) is 25.6 Å². The lowest BCUT2D eigenvalue weighted by Gasteiger charge is -2.49. The van der Waals surface area contributed by atoms with Gasteiger partial charge < -0.3 is 35.5 Å². The molecule has 4 aromatic carbocycles. The molecule has 6 N–H and O–H groups in total. The molecule has 1 aliphatic heterocycles. The number of unbranched alkanes of at least 4 members (excludes halogenated alkanes) is 1. The van der Waals surface area contributed by atoms with E-state index in [1.165, 1.54) is 5.56 Å². The number of aromatic hydroxyl groups is 1. The zero-order valence-corrected chi connectivity index (χ0v) is 28.4. The number of rotatable bonds is 16. The largest absolute Gasteiger partial charge is 0.508 e. The van der Waals surface area contributed by atoms with Crippen molar-refractivity contribution in [2.24, 2.45) is 11.7 Å². The van der Waals surface area contributed by atoms with Gasteiger partial charge in [0.15, 0.2) is 0 Å². The Balaban J connectivity index is 1.14. The van der Waals surface area contributed by atoms with Gasteiger partial charge in [0.25, 0.3) is 0 Å². The van der Waals surface area contributed by atoms with Crippen LogP contribution in [0.25, 0.3) is 22.3 Å². The van der Waals surface area contributed by atoms with E-state index in [0.717, 1.165) is 46.6 Å². The van der Waals surface area contributed by atoms with Crippen LogP contribution in [0.3, 0.4) is 0 Å². The number of phenolic OH excluding ortho intramolecular Hbond substituents is 1. The minimum absolute atomic E-state index is 0.114. The summed E-state index contributed by atoms with van der Waals surface area (Å²) >= 11 is 0. The van der Waals surface area contributed by atoms with E-state index in [1.807, 2.05) is 24.3 Å². The lowest BCUT2D eigenvalue weighted by Crippen LogP contribution is -2.61. The molecule has 0 spiro atoms. The summed E-state index contributed by atoms with van der Waals surface area (Å²) in [7, 11) is -1.39. The number of aliphatic carboxylic acids is 1. The van der Waals surface area contributed by atoms with E-state index in [1.54, 1.807) is 12.1 Å². The van der Waals surface area contributed by atoms with Crippen LogP contribution in [-0.2, 0) is 22.6 Å². The van der Waals surface area contributed by atoms with Crippen LogP contribution in [0.1, 0.15) is 49.7 Å². The summed E-state index contributed by atoms with van der Waals surface area (Å²) in [6.07, 6.45) is 3.92. The molecule has 1 saturated carbocycles. The standard InChI is InChI=1S/C40H47BN2O7/c42-40(39(45)46,20-1-2-21-41(47)48)34-23-35(24-34)43(25-28-3-7-30(8-4-28)32-11-15-36(44)16-12-32)26-29-5-9-31(10-6-29)33-13-17-37(18-14-33)50-38-19-22-49-27-38/h3-18,34-35,38,44,47-48H,1-2,19-27,42H2,(H,45,46). The number of benzene rings is 4. The van der Waals surface area contributed by atoms with E-state index < -0.39 is 18.6 Å². The minimum atomic E-state index is -1.39. The Bertz CT molecular complexity index is 1670. The van der Waals surface area contributed by atoms with Gasteiger partial charge in [-0.2, -0.15) is 0 Å². The molecule has 9 nitrogen and oxygen atoms in total. The first kappa shape index (κ1) is 35.6. The number of carbonyl (C=O) groups is 1. The summed E-state index contributed by atoms with van der Waals surface area (Å²) in [6.45, 7) is 2.78. The van der Waals surface area contributed by atoms with E-state index in [4.69, 9.17) is 15.2 Å². The van der Waals surface area contributed by atoms with Crippen LogP contribution < -0.4 is 10.5 Å². The second kappa shape index (κ2) is 16.2. The molecule has 10 heteroatoms. The third kappa shape index (κ3) is 8.93. The molecular formula is C40H47BN2O7. The van der Waals surface area contributed by atoms with Crippen LogP contribution in [0.15, 0.2) is 97.1 Å². The van der Waals surface area contributed by atoms with Crippen molar-refractivity contribution < 1.29 is 34.5 Å². The molecule has 0 bridgehead atoms. The molecule has 6 rings (SSSR count). The average molecular weight is 679 g/mol. The molecule has 4 aromatic rings. The third-order valence-corrected chi connectivity index (χ3v) is 10.3. The monoisotopic (exact) mass is 678 g/mol. The predicted molar refractivity (Wildman–Crippen MR) is 194 cm³/mol. The zero-order chi connectivity index (χ0) is 35.1. The Morgan fingerprint density at radius 3 is 1.82 bits per heavy atom. The van der Waals surface area contributed by atoms with E-state index in [2.05, 4.69) is 65.6 Å². The van der Waals surface area contributed by atoms with Gasteiger partial charge in [-0.05, 0) is 89.1 Å². The minimum Gasteiger partial charge on any atom is -0.508 e. The van der Waals surface area contributed by atoms with E-state index in [9.17, 15) is 25.1 Å². The van der Waals surface area contributed by atoms with E-state index >= 15 is 0 Å². The molecule has 2 unspecified atom stereocenters. The molecule has 1 heterocycles. The van der Waals surface area contributed by atoms with Gasteiger partial charge in [0.05, 0.1) is 13.2 Å². The fraction of sp³-hybridized carbons (Fsp3) is 0.375. The maximum absolute atomic E-state index is 12.4. The van der Waals surface area contributed by atoms with Crippen molar-refractivity contribution in [1.29, 1.82) is 0 Å². The normalized spacial score (nSPS) is 19.9. The number of ether oxygens (including phenoxy) is 2. The van der Waals surface area contributed by atoms with Crippen molar-refractivity contribution in [3.05, 3.63) is 108 Å². The Morgan fingerprint density at radius 1 is 0.820 bits per heavy atom. The molecule has 0 aromatic heterocycles. The van der Waals surface area contributed by atoms with Gasteiger partial charge >= 0.3 is 13.1 Å². The highest BCUT2D eigenvalue weighted by Gasteiger charge is 2.49. The quantitative estimate of drug-likeness (QED) is 0.0701. The Labute approximate surface area is 294 Å². The van der Waals surface area contributed by atoms with Gasteiger partial charge in [-0.1, -0.05) is 85.6 Å². The smallest absolute Gasteiger partial charge is 0.451 e. The SMILES string of the molecule is NC(CCCCB(O)O)(C(=O)O)C1CC(N(Cc2ccc(-c3ccc(O)cc3)cc2)Cc2ccc(-c3ccc(OC4CCOC4)cc3)cc2)C1. The summed E-state index contributed by atoms with van der Waals surface area (Å²) in [4.78, 5) is 14.8. The highest BCUT2D eigenvalue weighted by Crippen LogP contribution is 2.42. The molecule has 0 radical (unpaired) electrons. The topological polar surface area (TPSA) is 146 Å². The third-order valence-electron chi connectivity index (χ3n) is 10.3. The molecule has 2 atom stereocenters. The fourth-order valence-corrected chi connectivity index (χ4v) is 7.10. The maximum Gasteiger partial charge on any atom is 0.451 e. The van der Waals surface area contributed by atoms with Crippen molar-refractivity contribution in [3.8, 4) is 33.8 Å². The number of carboxylic acids is 1. The summed E-state index contributed by atoms with van der Waals surface area (Å²) < 4.78 is 11.4. The van der Waals surface area contributed by atoms with E-state index in [0.29, 0.717) is 51.8 Å². The van der Waals surface area contributed by atoms with Crippen LogP contribution in [0.4, 0.5) is 0 Å². The van der Waals surface area contributed by atoms with Crippen LogP contribution in [0.2, 0.25) is 6.32 Å². The van der Waals surface area contributed by atoms with Crippen molar-refractivity contribution in [1.82, 2.24) is 4.90 Å². The van der Waals surface area contributed by atoms with Gasteiger partial charge in [0.2, 0.25) is 0 Å². The first-order valence-electron chi connectivity index (χ1n) is 17.6. The molecular weight excluding hydrogens is 631 g/mol. The lowest BCUT2D eigenvalue weighted by molar-refractivity contribution is -0.149. The van der Waals surface area contributed by atoms with Crippen LogP contribution >= 0.6 is 0 Å². The maximum atomic E-state index is 12.4. The van der Waals surface area contributed by atoms with Crippen LogP contribution in [-0.4, -0.2) is 69.1 Å². The van der Waals surface area contributed by atoms with Crippen molar-refractivity contribution in [2.75, 3.05) is 13.2 Å². The lowest BCUT2D eigenvalue weighted by atomic mass is 9.65. The summed E-state index contributed by atoms with van der Waals surface area (Å²) in [5, 5.41) is 38.2. The average Bonchev–Trinajstić information content (AvgIpc) is 3.60. The molecule has 50 heavy (non-hydrogen) atoms. The van der Waals surface area contributed by atoms with Crippen LogP contribution in [0, 0.1) is 5.92 Å². The number of hydrogen-bond donors (Lipinski definition) is 5. The second-order valence-electron chi connectivity index (χ2n) is 13.9. The summed E-state index contributed by atoms with van der Waals surface area (Å²) in [5.74, 6) is -0.0810. The molecule has 2 aliphatic rings. The summed E-state index contributed by atoms with van der Waals surface area (Å²) in [6, 6.07) is 32.5. The predicted octanol–water partition coefficient (Wildman–Crippen LogP) is 6.10. The number of hydrogen-bond acceptors (Lipinski definition) is 8. The molecule has 262 valence electrons. The number of nitrogens with zero attached hydrogens (tertiary/aromatic N) is 1. The molecule has 1 saturated heterocycles. The summed E-state index contributed by atoms with van der Waals surface area (Å²) in [5.41, 5.74) is 11.9. The first-order chi connectivity index (χ1) is 24.2. The van der Waals surface area contributed by atoms with Crippen molar-refractivity contribution >= 4 is 13.1 Å². The Morgan fingerprint density at radius 2 is 1.34 bits per heavy atom. The number of phenols is 1.